The zero-order valence-electron chi connectivity index (χ0n) is 11.7. The van der Waals surface area contributed by atoms with Crippen molar-refractivity contribution in [2.24, 2.45) is 5.92 Å². The van der Waals surface area contributed by atoms with E-state index in [1.807, 2.05) is 5.38 Å². The predicted octanol–water partition coefficient (Wildman–Crippen LogP) is 2.70. The van der Waals surface area contributed by atoms with Gasteiger partial charge >= 0.3 is 0 Å². The summed E-state index contributed by atoms with van der Waals surface area (Å²) in [7, 11) is 0. The molecule has 112 valence electrons. The van der Waals surface area contributed by atoms with Gasteiger partial charge in [-0.05, 0) is 60.5 Å². The molecule has 1 N–H and O–H groups in total. The molecule has 1 amide bonds. The van der Waals surface area contributed by atoms with Gasteiger partial charge < -0.3 is 10.2 Å². The minimum Gasteiger partial charge on any atom is -0.342 e. The Kier molecular flexibility index (Phi) is 5.87. The van der Waals surface area contributed by atoms with Crippen molar-refractivity contribution < 1.29 is 4.79 Å². The molecule has 1 unspecified atom stereocenters. The van der Waals surface area contributed by atoms with Crippen LogP contribution in [0.4, 0.5) is 0 Å². The maximum atomic E-state index is 12.2. The molecule has 2 aliphatic rings. The van der Waals surface area contributed by atoms with Gasteiger partial charge in [0.15, 0.2) is 0 Å². The van der Waals surface area contributed by atoms with Crippen molar-refractivity contribution in [1.29, 1.82) is 0 Å². The van der Waals surface area contributed by atoms with E-state index in [4.69, 9.17) is 0 Å². The maximum absolute atomic E-state index is 12.2. The summed E-state index contributed by atoms with van der Waals surface area (Å²) >= 11 is 1.67. The summed E-state index contributed by atoms with van der Waals surface area (Å²) in [4.78, 5) is 14.3. The molecule has 20 heavy (non-hydrogen) atoms. The first-order chi connectivity index (χ1) is 9.33. The molecule has 1 aromatic heterocycles. The minimum absolute atomic E-state index is 0. The van der Waals surface area contributed by atoms with Gasteiger partial charge in [0.1, 0.15) is 0 Å². The number of nitrogens with one attached hydrogen (secondary N) is 1. The topological polar surface area (TPSA) is 32.3 Å². The summed E-state index contributed by atoms with van der Waals surface area (Å²) < 4.78 is 0. The van der Waals surface area contributed by atoms with E-state index in [-0.39, 0.29) is 12.4 Å². The Morgan fingerprint density at radius 3 is 2.75 bits per heavy atom. The molecule has 0 aliphatic carbocycles. The fraction of sp³-hybridized carbons (Fsp3) is 0.667. The van der Waals surface area contributed by atoms with Crippen molar-refractivity contribution in [1.82, 2.24) is 10.2 Å². The average molecular weight is 315 g/mol. The minimum atomic E-state index is 0. The van der Waals surface area contributed by atoms with Crippen LogP contribution in [-0.2, 0) is 11.2 Å². The Morgan fingerprint density at radius 2 is 2.15 bits per heavy atom. The Bertz CT molecular complexity index is 410. The van der Waals surface area contributed by atoms with E-state index < -0.39 is 0 Å². The molecule has 5 heteroatoms. The molecule has 0 saturated carbocycles. The van der Waals surface area contributed by atoms with Crippen LogP contribution in [0.15, 0.2) is 16.8 Å². The normalized spacial score (nSPS) is 23.6. The van der Waals surface area contributed by atoms with Crippen LogP contribution >= 0.6 is 23.7 Å². The van der Waals surface area contributed by atoms with Gasteiger partial charge in [0, 0.05) is 19.1 Å². The number of carbonyl (C=O) groups excluding carboxylic acids is 1. The highest BCUT2D eigenvalue weighted by molar-refractivity contribution is 7.07. The van der Waals surface area contributed by atoms with Gasteiger partial charge in [-0.3, -0.25) is 4.79 Å². The molecule has 3 rings (SSSR count). The first-order valence-corrected chi connectivity index (χ1v) is 8.29. The molecule has 2 aliphatic heterocycles. The Hall–Kier alpha value is -0.580. The van der Waals surface area contributed by atoms with Gasteiger partial charge in [0.05, 0.1) is 6.42 Å². The van der Waals surface area contributed by atoms with Crippen molar-refractivity contribution in [2.45, 2.75) is 38.1 Å². The van der Waals surface area contributed by atoms with E-state index in [1.165, 1.54) is 32.2 Å². The van der Waals surface area contributed by atoms with Gasteiger partial charge in [-0.25, -0.2) is 0 Å². The second-order valence-electron chi connectivity index (χ2n) is 5.73. The Morgan fingerprint density at radius 1 is 1.35 bits per heavy atom. The van der Waals surface area contributed by atoms with Gasteiger partial charge in [0.2, 0.25) is 5.91 Å². The van der Waals surface area contributed by atoms with Gasteiger partial charge in [-0.15, -0.1) is 12.4 Å². The SMILES string of the molecule is Cl.O=C(Cc1ccsc1)N1CCC(C2CCCN2)CC1. The number of amides is 1. The van der Waals surface area contributed by atoms with E-state index in [2.05, 4.69) is 21.7 Å². The lowest BCUT2D eigenvalue weighted by Crippen LogP contribution is -2.43. The van der Waals surface area contributed by atoms with Crippen molar-refractivity contribution in [3.8, 4) is 0 Å². The van der Waals surface area contributed by atoms with Crippen LogP contribution in [0.2, 0.25) is 0 Å². The Balaban J connectivity index is 0.00000147. The lowest BCUT2D eigenvalue weighted by atomic mass is 9.88. The monoisotopic (exact) mass is 314 g/mol. The van der Waals surface area contributed by atoms with Crippen LogP contribution in [-0.4, -0.2) is 36.5 Å². The smallest absolute Gasteiger partial charge is 0.227 e. The van der Waals surface area contributed by atoms with E-state index in [1.54, 1.807) is 11.3 Å². The van der Waals surface area contributed by atoms with Gasteiger partial charge in [0.25, 0.3) is 0 Å². The van der Waals surface area contributed by atoms with E-state index in [0.29, 0.717) is 18.4 Å². The lowest BCUT2D eigenvalue weighted by molar-refractivity contribution is -0.131. The second kappa shape index (κ2) is 7.43. The molecule has 0 radical (unpaired) electrons. The summed E-state index contributed by atoms with van der Waals surface area (Å²) in [6.07, 6.45) is 5.57. The lowest BCUT2D eigenvalue weighted by Gasteiger charge is -2.35. The number of carbonyl (C=O) groups is 1. The van der Waals surface area contributed by atoms with Crippen LogP contribution < -0.4 is 5.32 Å². The zero-order valence-corrected chi connectivity index (χ0v) is 13.3. The molecule has 0 bridgehead atoms. The largest absolute Gasteiger partial charge is 0.342 e. The first kappa shape index (κ1) is 15.8. The number of nitrogens with zero attached hydrogens (tertiary/aromatic N) is 1. The van der Waals surface area contributed by atoms with Crippen molar-refractivity contribution in [3.05, 3.63) is 22.4 Å². The van der Waals surface area contributed by atoms with Crippen LogP contribution in [0.1, 0.15) is 31.2 Å². The van der Waals surface area contributed by atoms with Gasteiger partial charge in [-0.1, -0.05) is 0 Å². The molecular weight excluding hydrogens is 292 g/mol. The molecular formula is C15H23ClN2OS. The first-order valence-electron chi connectivity index (χ1n) is 7.35. The molecule has 2 saturated heterocycles. The summed E-state index contributed by atoms with van der Waals surface area (Å²) in [5, 5.41) is 7.72. The summed E-state index contributed by atoms with van der Waals surface area (Å²) in [5.41, 5.74) is 1.16. The number of rotatable bonds is 3. The highest BCUT2D eigenvalue weighted by atomic mass is 35.5. The number of likely N-dealkylation sites (tertiary alicyclic amines) is 1. The van der Waals surface area contributed by atoms with Crippen molar-refractivity contribution >= 4 is 29.7 Å². The van der Waals surface area contributed by atoms with Crippen LogP contribution in [0.3, 0.4) is 0 Å². The molecule has 1 aromatic rings. The fourth-order valence-electron chi connectivity index (χ4n) is 3.34. The number of hydrogen-bond donors (Lipinski definition) is 1. The van der Waals surface area contributed by atoms with Crippen LogP contribution in [0.5, 0.6) is 0 Å². The van der Waals surface area contributed by atoms with Crippen molar-refractivity contribution in [2.75, 3.05) is 19.6 Å². The second-order valence-corrected chi connectivity index (χ2v) is 6.51. The van der Waals surface area contributed by atoms with Crippen LogP contribution in [0.25, 0.3) is 0 Å². The quantitative estimate of drug-likeness (QED) is 0.930. The third-order valence-corrected chi connectivity index (χ3v) is 5.23. The van der Waals surface area contributed by atoms with Gasteiger partial charge in [-0.2, -0.15) is 11.3 Å². The number of thiophene rings is 1. The molecule has 3 nitrogen and oxygen atoms in total. The average Bonchev–Trinajstić information content (AvgIpc) is 3.12. The molecule has 0 spiro atoms. The third kappa shape index (κ3) is 3.74. The maximum Gasteiger partial charge on any atom is 0.227 e. The summed E-state index contributed by atoms with van der Waals surface area (Å²) in [6, 6.07) is 2.77. The number of hydrogen-bond acceptors (Lipinski definition) is 3. The fourth-order valence-corrected chi connectivity index (χ4v) is 4.01. The van der Waals surface area contributed by atoms with Crippen LogP contribution in [0, 0.1) is 5.92 Å². The highest BCUT2D eigenvalue weighted by Crippen LogP contribution is 2.26. The summed E-state index contributed by atoms with van der Waals surface area (Å²) in [6.45, 7) is 3.08. The standard InChI is InChI=1S/C15H22N2OS.ClH/c18-15(10-12-5-9-19-11-12)17-7-3-13(4-8-17)14-2-1-6-16-14;/h5,9,11,13-14,16H,1-4,6-8,10H2;1H. The van der Waals surface area contributed by atoms with E-state index in [9.17, 15) is 4.79 Å². The molecule has 0 aromatic carbocycles. The Labute approximate surface area is 131 Å². The van der Waals surface area contributed by atoms with E-state index >= 15 is 0 Å². The molecule has 2 fully saturated rings. The molecule has 3 heterocycles. The third-order valence-electron chi connectivity index (χ3n) is 4.50. The van der Waals surface area contributed by atoms with E-state index in [0.717, 1.165) is 24.6 Å². The predicted molar refractivity (Wildman–Crippen MR) is 85.6 cm³/mol. The molecule has 1 atom stereocenters. The summed E-state index contributed by atoms with van der Waals surface area (Å²) in [5.74, 6) is 1.09. The zero-order chi connectivity index (χ0) is 13.1. The highest BCUT2D eigenvalue weighted by Gasteiger charge is 2.29. The number of piperidine rings is 1. The van der Waals surface area contributed by atoms with Crippen molar-refractivity contribution in [3.63, 3.8) is 0 Å². The number of halogens is 1.